The van der Waals surface area contributed by atoms with Gasteiger partial charge in [-0.3, -0.25) is 19.2 Å². The lowest BCUT2D eigenvalue weighted by Gasteiger charge is -2.67. The van der Waals surface area contributed by atoms with Gasteiger partial charge in [-0.05, 0) is 66.8 Å². The van der Waals surface area contributed by atoms with E-state index in [-0.39, 0.29) is 48.1 Å². The number of Topliss-reactive ketones (excluding diaryl/α,β-unsaturated/α-hetero) is 1. The molecule has 0 aromatic heterocycles. The highest BCUT2D eigenvalue weighted by molar-refractivity contribution is 5.96. The van der Waals surface area contributed by atoms with E-state index in [1.165, 1.54) is 19.1 Å². The Kier molecular flexibility index (Phi) is 13.5. The molecule has 3 aliphatic carbocycles. The van der Waals surface area contributed by atoms with Gasteiger partial charge in [-0.15, -0.1) is 0 Å². The summed E-state index contributed by atoms with van der Waals surface area (Å²) >= 11 is 0. The topological polar surface area (TPSA) is 221 Å². The Morgan fingerprint density at radius 3 is 1.97 bits per heavy atom. The Hall–Kier alpha value is -6.52. The van der Waals surface area contributed by atoms with Crippen LogP contribution in [0.5, 0.6) is 0 Å². The van der Waals surface area contributed by atoms with Crippen LogP contribution in [-0.2, 0) is 49.3 Å². The Morgan fingerprint density at radius 2 is 1.39 bits per heavy atom. The predicted octanol–water partition coefficient (Wildman–Crippen LogP) is 5.35. The van der Waals surface area contributed by atoms with Crippen molar-refractivity contribution in [3.05, 3.63) is 155 Å². The maximum absolute atomic E-state index is 16.0. The summed E-state index contributed by atoms with van der Waals surface area (Å²) in [6.45, 7) is 6.98. The van der Waals surface area contributed by atoms with Crippen LogP contribution in [0.4, 0.5) is 0 Å². The molecule has 8 rings (SSSR count). The zero-order chi connectivity index (χ0) is 49.5. The monoisotopic (exact) mass is 943 g/mol. The molecule has 4 aromatic carbocycles. The minimum atomic E-state index is -2.42. The first kappa shape index (κ1) is 48.9. The number of amides is 1. The lowest BCUT2D eigenvalue weighted by Crippen LogP contribution is -2.82. The van der Waals surface area contributed by atoms with E-state index in [0.29, 0.717) is 5.56 Å². The Balaban J connectivity index is 1.28. The van der Waals surface area contributed by atoms with Gasteiger partial charge in [0.1, 0.15) is 23.9 Å². The van der Waals surface area contributed by atoms with E-state index in [0.717, 1.165) is 12.5 Å². The molecule has 1 heterocycles. The third-order valence-corrected chi connectivity index (χ3v) is 14.9. The quantitative estimate of drug-likeness (QED) is 0.0755. The normalized spacial score (nSPS) is 29.8. The van der Waals surface area contributed by atoms with Crippen LogP contribution in [0.15, 0.2) is 132 Å². The largest absolute Gasteiger partial charge is 0.456 e. The van der Waals surface area contributed by atoms with E-state index in [4.69, 9.17) is 23.7 Å². The number of nitrogens with one attached hydrogen (secondary N) is 1. The number of carbonyl (C=O) groups is 6. The third-order valence-electron chi connectivity index (χ3n) is 14.9. The zero-order valence-corrected chi connectivity index (χ0v) is 39.0. The number of hydrogen-bond donors (Lipinski definition) is 4. The minimum absolute atomic E-state index is 0.000236. The SMILES string of the molecule is CC(=O)O[C@@]12CO[C@@H]1C[C@H](O)[C@@]1(C)C(=O)[C@H](OC(=O)CCc3ccccc3)C3=C(C)[C@@H](OC(=O)[C@H](O)[C@@H](NC(=O)c4ccccc4)c4ccccc4)C[C@@](O)([C@@H](OC(=O)c4ccccc4)[C@H]21)C3(C)C. The number of aryl methyl sites for hydroxylation is 1. The van der Waals surface area contributed by atoms with Gasteiger partial charge >= 0.3 is 23.9 Å². The van der Waals surface area contributed by atoms with Crippen LogP contribution in [0.25, 0.3) is 0 Å². The maximum atomic E-state index is 16.0. The summed E-state index contributed by atoms with van der Waals surface area (Å²) < 4.78 is 31.0. The van der Waals surface area contributed by atoms with E-state index in [2.05, 4.69) is 5.32 Å². The molecule has 1 aliphatic heterocycles. The molecule has 2 bridgehead atoms. The summed E-state index contributed by atoms with van der Waals surface area (Å²) in [5.41, 5.74) is -6.34. The first-order chi connectivity index (χ1) is 32.8. The number of rotatable bonds is 13. The van der Waals surface area contributed by atoms with Crippen molar-refractivity contribution in [1.82, 2.24) is 5.32 Å². The Bertz CT molecular complexity index is 2620. The van der Waals surface area contributed by atoms with E-state index in [1.54, 1.807) is 99.6 Å². The van der Waals surface area contributed by atoms with Gasteiger partial charge in [0.05, 0.1) is 35.6 Å². The first-order valence-electron chi connectivity index (χ1n) is 23.1. The molecule has 69 heavy (non-hydrogen) atoms. The average molecular weight is 944 g/mol. The number of fused-ring (bicyclic) bond motifs is 5. The highest BCUT2D eigenvalue weighted by Gasteiger charge is 2.78. The van der Waals surface area contributed by atoms with E-state index in [1.807, 2.05) is 30.3 Å². The summed E-state index contributed by atoms with van der Waals surface area (Å²) in [6, 6.07) is 32.2. The second-order valence-corrected chi connectivity index (χ2v) is 19.2. The summed E-state index contributed by atoms with van der Waals surface area (Å²) in [4.78, 5) is 85.8. The van der Waals surface area contributed by atoms with Crippen molar-refractivity contribution >= 4 is 35.6 Å². The number of ether oxygens (including phenoxy) is 5. The molecular weight excluding hydrogens is 887 g/mol. The van der Waals surface area contributed by atoms with E-state index >= 15 is 4.79 Å². The fourth-order valence-corrected chi connectivity index (χ4v) is 11.1. The second kappa shape index (κ2) is 19.1. The van der Waals surface area contributed by atoms with Crippen LogP contribution >= 0.6 is 0 Å². The fraction of sp³-hybridized carbons (Fsp3) is 0.407. The van der Waals surface area contributed by atoms with Crippen LogP contribution in [0.2, 0.25) is 0 Å². The maximum Gasteiger partial charge on any atom is 0.338 e. The van der Waals surface area contributed by atoms with Crippen molar-refractivity contribution in [2.45, 2.75) is 114 Å². The smallest absolute Gasteiger partial charge is 0.338 e. The van der Waals surface area contributed by atoms with Gasteiger partial charge in [0.2, 0.25) is 0 Å². The van der Waals surface area contributed by atoms with Crippen molar-refractivity contribution in [2.75, 3.05) is 6.61 Å². The molecular formula is C54H57NO14. The highest BCUT2D eigenvalue weighted by Crippen LogP contribution is 2.64. The molecule has 0 spiro atoms. The molecule has 2 saturated carbocycles. The van der Waals surface area contributed by atoms with Gasteiger partial charge in [-0.2, -0.15) is 0 Å². The average Bonchev–Trinajstić information content (AvgIpc) is 3.34. The van der Waals surface area contributed by atoms with Crippen molar-refractivity contribution in [3.63, 3.8) is 0 Å². The van der Waals surface area contributed by atoms with Crippen molar-refractivity contribution in [3.8, 4) is 0 Å². The molecule has 0 unspecified atom stereocenters. The van der Waals surface area contributed by atoms with Gasteiger partial charge in [-0.25, -0.2) is 9.59 Å². The lowest BCUT2D eigenvalue weighted by atomic mass is 9.44. The van der Waals surface area contributed by atoms with Gasteiger partial charge in [0, 0.05) is 37.2 Å². The Labute approximate surface area is 399 Å². The number of aliphatic hydroxyl groups excluding tert-OH is 2. The lowest BCUT2D eigenvalue weighted by molar-refractivity contribution is -0.346. The van der Waals surface area contributed by atoms with Crippen LogP contribution in [0.1, 0.15) is 91.8 Å². The zero-order valence-electron chi connectivity index (χ0n) is 39.0. The number of carbonyl (C=O) groups excluding carboxylic acids is 6. The van der Waals surface area contributed by atoms with E-state index < -0.39 is 113 Å². The number of ketones is 1. The van der Waals surface area contributed by atoms with Gasteiger partial charge in [-0.1, -0.05) is 111 Å². The number of esters is 4. The first-order valence-corrected chi connectivity index (χ1v) is 23.1. The molecule has 3 fully saturated rings. The van der Waals surface area contributed by atoms with Crippen molar-refractivity contribution in [2.24, 2.45) is 16.7 Å². The minimum Gasteiger partial charge on any atom is -0.456 e. The predicted molar refractivity (Wildman–Crippen MR) is 247 cm³/mol. The summed E-state index contributed by atoms with van der Waals surface area (Å²) in [5, 5.41) is 40.9. The summed E-state index contributed by atoms with van der Waals surface area (Å²) in [5.74, 6) is -6.78. The molecule has 15 nitrogen and oxygen atoms in total. The molecule has 15 heteroatoms. The van der Waals surface area contributed by atoms with Gasteiger partial charge in [0.25, 0.3) is 5.91 Å². The van der Waals surface area contributed by atoms with Crippen molar-refractivity contribution in [1.29, 1.82) is 0 Å². The molecule has 1 saturated heterocycles. The number of hydrogen-bond acceptors (Lipinski definition) is 14. The van der Waals surface area contributed by atoms with Crippen molar-refractivity contribution < 1.29 is 67.8 Å². The standard InChI is InChI=1S/C54H57NO14/c1-31-37(66-50(63)43(59)42(34-20-12-7-13-21-34)55-48(61)35-22-14-8-15-23-35)29-54(64)47(68-49(62)36-24-16-9-17-25-36)45-52(5,38(57)28-39-53(45,30-65-39)69-32(2)56)46(60)44(41(31)51(54,3)4)67-40(58)27-26-33-18-10-6-11-19-33/h6-25,37-39,42-45,47,57,59,64H,26-30H2,1-5H3,(H,55,61)/t37-,38-,39+,42-,43+,44+,45-,47-,52+,53-,54+/m0/s1. The number of benzene rings is 4. The second-order valence-electron chi connectivity index (χ2n) is 19.2. The van der Waals surface area contributed by atoms with Crippen LogP contribution < -0.4 is 5.32 Å². The fourth-order valence-electron chi connectivity index (χ4n) is 11.1. The van der Waals surface area contributed by atoms with Crippen LogP contribution in [0.3, 0.4) is 0 Å². The Morgan fingerprint density at radius 1 is 0.812 bits per heavy atom. The molecule has 4 N–H and O–H groups in total. The third kappa shape index (κ3) is 8.77. The number of aliphatic hydroxyl groups is 3. The summed E-state index contributed by atoms with van der Waals surface area (Å²) in [6.07, 6.45) is -10.6. The van der Waals surface area contributed by atoms with Gasteiger partial charge < -0.3 is 44.3 Å². The van der Waals surface area contributed by atoms with Crippen LogP contribution in [-0.4, -0.2) is 105 Å². The van der Waals surface area contributed by atoms with Gasteiger partial charge in [0.15, 0.2) is 23.6 Å². The molecule has 11 atom stereocenters. The molecule has 4 aliphatic rings. The van der Waals surface area contributed by atoms with E-state index in [9.17, 15) is 39.3 Å². The highest BCUT2D eigenvalue weighted by atomic mass is 16.6. The summed E-state index contributed by atoms with van der Waals surface area (Å²) in [7, 11) is 0. The molecule has 362 valence electrons. The van der Waals surface area contributed by atoms with Crippen LogP contribution in [0, 0.1) is 16.7 Å². The molecule has 1 amide bonds. The molecule has 4 aromatic rings. The molecule has 0 radical (unpaired) electrons.